The van der Waals surface area contributed by atoms with Crippen molar-refractivity contribution < 1.29 is 0 Å². The zero-order valence-electron chi connectivity index (χ0n) is 49.3. The Bertz CT molecular complexity index is 4560. The minimum Gasteiger partial charge on any atom is -0.310 e. The Morgan fingerprint density at radius 3 is 1.04 bits per heavy atom. The number of fused-ring (bicyclic) bond motifs is 20. The molecular formula is C84H67N. The normalized spacial score (nSPS) is 15.6. The average Bonchev–Trinajstić information content (AvgIpc) is 1.55. The zero-order valence-corrected chi connectivity index (χ0v) is 49.3. The van der Waals surface area contributed by atoms with E-state index in [0.717, 1.165) is 23.5 Å². The van der Waals surface area contributed by atoms with E-state index >= 15 is 0 Å². The minimum absolute atomic E-state index is 0.121. The molecule has 408 valence electrons. The van der Waals surface area contributed by atoms with Gasteiger partial charge in [-0.1, -0.05) is 272 Å². The predicted octanol–water partition coefficient (Wildman–Crippen LogP) is 22.4. The van der Waals surface area contributed by atoms with Gasteiger partial charge in [-0.2, -0.15) is 0 Å². The lowest BCUT2D eigenvalue weighted by molar-refractivity contribution is 0.229. The molecule has 12 aromatic carbocycles. The lowest BCUT2D eigenvalue weighted by atomic mass is 9.68. The lowest BCUT2D eigenvalue weighted by Crippen LogP contribution is -2.26. The van der Waals surface area contributed by atoms with Gasteiger partial charge in [0.05, 0.1) is 10.8 Å². The molecule has 16 rings (SSSR count). The number of anilines is 3. The van der Waals surface area contributed by atoms with Gasteiger partial charge in [0.25, 0.3) is 0 Å². The van der Waals surface area contributed by atoms with E-state index in [-0.39, 0.29) is 10.8 Å². The molecule has 0 amide bonds. The van der Waals surface area contributed by atoms with Crippen LogP contribution in [-0.4, -0.2) is 0 Å². The SMILES string of the molecule is CC(C)(C)CC(c1cccc(-c2ccc3c(c2)C2(c4ccccc4-c4ccc(-c5ccc(N(c6ccc(-c7ccccc7)cc6)c6ccc7c(c6)C6(c8ccccc8-c8ccccc86)c6ccccc6-7)cc5)cc42)c2ccccc2-3)c1)C(C)(C)C. The first-order valence-electron chi connectivity index (χ1n) is 30.5. The number of hydrogen-bond acceptors (Lipinski definition) is 1. The fourth-order valence-electron chi connectivity index (χ4n) is 15.9. The van der Waals surface area contributed by atoms with Crippen LogP contribution in [0.15, 0.2) is 279 Å². The fourth-order valence-corrected chi connectivity index (χ4v) is 15.9. The first-order chi connectivity index (χ1) is 41.4. The van der Waals surface area contributed by atoms with Gasteiger partial charge in [-0.25, -0.2) is 0 Å². The van der Waals surface area contributed by atoms with Crippen molar-refractivity contribution >= 4 is 17.1 Å². The Morgan fingerprint density at radius 1 is 0.271 bits per heavy atom. The summed E-state index contributed by atoms with van der Waals surface area (Å²) in [5.74, 6) is 0.423. The molecule has 2 unspecified atom stereocenters. The summed E-state index contributed by atoms with van der Waals surface area (Å²) in [4.78, 5) is 2.46. The summed E-state index contributed by atoms with van der Waals surface area (Å²) in [7, 11) is 0. The summed E-state index contributed by atoms with van der Waals surface area (Å²) in [6.45, 7) is 14.4. The average molecular weight is 1090 g/mol. The predicted molar refractivity (Wildman–Crippen MR) is 356 cm³/mol. The lowest BCUT2D eigenvalue weighted by Gasteiger charge is -2.36. The molecule has 0 N–H and O–H groups in total. The molecule has 0 saturated heterocycles. The third-order valence-corrected chi connectivity index (χ3v) is 19.5. The summed E-state index contributed by atoms with van der Waals surface area (Å²) in [5.41, 5.74) is 32.6. The summed E-state index contributed by atoms with van der Waals surface area (Å²) >= 11 is 0. The van der Waals surface area contributed by atoms with Crippen LogP contribution in [0.5, 0.6) is 0 Å². The van der Waals surface area contributed by atoms with Gasteiger partial charge in [-0.3, -0.25) is 0 Å². The molecule has 12 aromatic rings. The molecule has 0 saturated carbocycles. The van der Waals surface area contributed by atoms with Crippen LogP contribution >= 0.6 is 0 Å². The third kappa shape index (κ3) is 7.69. The molecule has 0 heterocycles. The van der Waals surface area contributed by atoms with Gasteiger partial charge in [-0.05, 0) is 200 Å². The van der Waals surface area contributed by atoms with Crippen LogP contribution in [0, 0.1) is 10.8 Å². The van der Waals surface area contributed by atoms with Crippen molar-refractivity contribution in [3.63, 3.8) is 0 Å². The van der Waals surface area contributed by atoms with Crippen LogP contribution < -0.4 is 4.90 Å². The molecule has 4 aliphatic rings. The van der Waals surface area contributed by atoms with Crippen LogP contribution in [0.1, 0.15) is 104 Å². The van der Waals surface area contributed by atoms with Gasteiger partial charge >= 0.3 is 0 Å². The van der Waals surface area contributed by atoms with Crippen LogP contribution in [-0.2, 0) is 10.8 Å². The van der Waals surface area contributed by atoms with Crippen molar-refractivity contribution in [2.45, 2.75) is 64.7 Å². The van der Waals surface area contributed by atoms with Crippen molar-refractivity contribution in [1.29, 1.82) is 0 Å². The van der Waals surface area contributed by atoms with E-state index in [1.807, 2.05) is 0 Å². The Balaban J connectivity index is 0.832. The highest BCUT2D eigenvalue weighted by molar-refractivity contribution is 5.99. The molecule has 0 aliphatic heterocycles. The maximum Gasteiger partial charge on any atom is 0.0726 e. The van der Waals surface area contributed by atoms with Crippen LogP contribution in [0.4, 0.5) is 17.1 Å². The molecule has 0 radical (unpaired) electrons. The summed E-state index contributed by atoms with van der Waals surface area (Å²) in [6.07, 6.45) is 1.12. The van der Waals surface area contributed by atoms with E-state index in [0.29, 0.717) is 5.92 Å². The maximum absolute atomic E-state index is 2.54. The summed E-state index contributed by atoms with van der Waals surface area (Å²) in [6, 6.07) is 106. The second kappa shape index (κ2) is 19.0. The molecular weight excluding hydrogens is 1020 g/mol. The Kier molecular flexibility index (Phi) is 11.4. The highest BCUT2D eigenvalue weighted by Crippen LogP contribution is 2.65. The standard InChI is InChI=1S/C84H67N/c1-81(2,3)53-80(82(4,5)6)60-24-20-23-57(49-60)59-40-47-70-67-28-14-19-34-76(67)84(78(70)51-59)75-33-18-13-27-66(75)69-46-39-58(50-77(69)84)56-37-43-62(44-38-56)85(61-41-35-55(36-42-61)54-21-8-7-9-22-54)63-45-48-71-68-29-12-17-32-74(68)83(79(71)52-63)72-30-15-10-25-64(72)65-26-11-16-31-73(65)83/h7-52,80H,53H2,1-6H3. The third-order valence-electron chi connectivity index (χ3n) is 19.5. The molecule has 1 nitrogen and oxygen atoms in total. The largest absolute Gasteiger partial charge is 0.310 e. The Morgan fingerprint density at radius 2 is 0.588 bits per heavy atom. The first kappa shape index (κ1) is 51.1. The van der Waals surface area contributed by atoms with Crippen LogP contribution in [0.25, 0.3) is 77.9 Å². The maximum atomic E-state index is 2.54. The topological polar surface area (TPSA) is 3.24 Å². The number of hydrogen-bond donors (Lipinski definition) is 0. The number of nitrogens with zero attached hydrogens (tertiary/aromatic N) is 1. The second-order valence-corrected chi connectivity index (χ2v) is 26.6. The molecule has 1 heteroatoms. The molecule has 0 bridgehead atoms. The van der Waals surface area contributed by atoms with E-state index in [2.05, 4.69) is 325 Å². The van der Waals surface area contributed by atoms with Crippen molar-refractivity contribution in [1.82, 2.24) is 0 Å². The van der Waals surface area contributed by atoms with Gasteiger partial charge in [-0.15, -0.1) is 0 Å². The van der Waals surface area contributed by atoms with E-state index in [1.54, 1.807) is 0 Å². The molecule has 0 aromatic heterocycles. The zero-order chi connectivity index (χ0) is 57.4. The molecule has 2 atom stereocenters. The summed E-state index contributed by atoms with van der Waals surface area (Å²) < 4.78 is 0. The van der Waals surface area contributed by atoms with Crippen LogP contribution in [0.3, 0.4) is 0 Å². The van der Waals surface area contributed by atoms with Gasteiger partial charge in [0, 0.05) is 17.1 Å². The highest BCUT2D eigenvalue weighted by Gasteiger charge is 2.53. The van der Waals surface area contributed by atoms with E-state index in [4.69, 9.17) is 0 Å². The van der Waals surface area contributed by atoms with Gasteiger partial charge < -0.3 is 4.90 Å². The van der Waals surface area contributed by atoms with Crippen LogP contribution in [0.2, 0.25) is 0 Å². The molecule has 0 fully saturated rings. The second-order valence-electron chi connectivity index (χ2n) is 26.6. The first-order valence-corrected chi connectivity index (χ1v) is 30.5. The quantitative estimate of drug-likeness (QED) is 0.147. The monoisotopic (exact) mass is 1090 g/mol. The Hall–Kier alpha value is -9.56. The fraction of sp³-hybridized carbons (Fsp3) is 0.143. The van der Waals surface area contributed by atoms with Crippen molar-refractivity contribution in [3.8, 4) is 77.9 Å². The van der Waals surface area contributed by atoms with Gasteiger partial charge in [0.15, 0.2) is 0 Å². The van der Waals surface area contributed by atoms with Gasteiger partial charge in [0.1, 0.15) is 0 Å². The van der Waals surface area contributed by atoms with E-state index < -0.39 is 10.8 Å². The van der Waals surface area contributed by atoms with E-state index in [9.17, 15) is 0 Å². The molecule has 85 heavy (non-hydrogen) atoms. The number of benzene rings is 12. The smallest absolute Gasteiger partial charge is 0.0726 e. The van der Waals surface area contributed by atoms with Crippen molar-refractivity contribution in [2.75, 3.05) is 4.90 Å². The highest BCUT2D eigenvalue weighted by atomic mass is 15.1. The number of rotatable bonds is 8. The minimum atomic E-state index is -0.505. The van der Waals surface area contributed by atoms with Gasteiger partial charge in [0.2, 0.25) is 0 Å². The molecule has 2 spiro atoms. The molecule has 4 aliphatic carbocycles. The van der Waals surface area contributed by atoms with Crippen molar-refractivity contribution in [2.24, 2.45) is 10.8 Å². The van der Waals surface area contributed by atoms with Crippen molar-refractivity contribution in [3.05, 3.63) is 329 Å². The Labute approximate surface area is 501 Å². The van der Waals surface area contributed by atoms with E-state index in [1.165, 1.54) is 128 Å². The summed E-state index contributed by atoms with van der Waals surface area (Å²) in [5, 5.41) is 0.